The summed E-state index contributed by atoms with van der Waals surface area (Å²) >= 11 is 0. The van der Waals surface area contributed by atoms with Gasteiger partial charge in [0, 0.05) is 0 Å². The van der Waals surface area contributed by atoms with Crippen molar-refractivity contribution in [3.8, 4) is 0 Å². The molecule has 0 aliphatic rings. The Morgan fingerprint density at radius 1 is 1.83 bits per heavy atom. The van der Waals surface area contributed by atoms with Crippen LogP contribution in [-0.2, 0) is 0 Å². The van der Waals surface area contributed by atoms with Gasteiger partial charge in [-0.3, -0.25) is 5.10 Å². The molecule has 5 nitrogen and oxygen atoms in total. The van der Waals surface area contributed by atoms with Crippen LogP contribution in [0.25, 0.3) is 0 Å². The summed E-state index contributed by atoms with van der Waals surface area (Å²) in [5.74, 6) is -1.35. The van der Waals surface area contributed by atoms with Crippen molar-refractivity contribution in [3.05, 3.63) is 17.5 Å². The third-order valence-electron chi connectivity index (χ3n) is 1.26. The number of aromatic carboxylic acids is 1. The maximum absolute atomic E-state index is 10.2. The molecule has 1 atom stereocenters. The molecule has 2 N–H and O–H groups in total. The fourth-order valence-corrected chi connectivity index (χ4v) is 0.655. The van der Waals surface area contributed by atoms with Crippen molar-refractivity contribution >= 4 is 5.97 Å². The van der Waals surface area contributed by atoms with Crippen LogP contribution in [0.15, 0.2) is 6.07 Å². The molecule has 0 aliphatic heterocycles. The smallest absolute Gasteiger partial charge is 0.543 e. The Morgan fingerprint density at radius 3 is 2.67 bits per heavy atom. The molecule has 0 radical (unpaired) electrons. The van der Waals surface area contributed by atoms with Crippen molar-refractivity contribution in [1.29, 1.82) is 0 Å². The summed E-state index contributed by atoms with van der Waals surface area (Å²) in [5, 5.41) is 24.9. The van der Waals surface area contributed by atoms with E-state index in [0.29, 0.717) is 5.69 Å². The topological polar surface area (TPSA) is 89.0 Å². The van der Waals surface area contributed by atoms with E-state index in [9.17, 15) is 9.90 Å². The molecule has 1 rings (SSSR count). The zero-order valence-electron chi connectivity index (χ0n) is 6.87. The maximum atomic E-state index is 10.2. The second-order valence-corrected chi connectivity index (χ2v) is 2.17. The van der Waals surface area contributed by atoms with Crippen LogP contribution in [0.4, 0.5) is 0 Å². The SMILES string of the molecule is CC(O)c1cc(C(=O)[O-])n[nH]1.[Na+]. The fraction of sp³-hybridized carbons (Fsp3) is 0.333. The Kier molecular flexibility index (Phi) is 4.47. The second-order valence-electron chi connectivity index (χ2n) is 2.17. The number of rotatable bonds is 2. The molecule has 6 heteroatoms. The maximum Gasteiger partial charge on any atom is 1.00 e. The molecule has 1 heterocycles. The van der Waals surface area contributed by atoms with Crippen molar-refractivity contribution in [3.63, 3.8) is 0 Å². The van der Waals surface area contributed by atoms with Gasteiger partial charge in [0.05, 0.1) is 17.8 Å². The van der Waals surface area contributed by atoms with Gasteiger partial charge in [-0.1, -0.05) is 0 Å². The predicted molar refractivity (Wildman–Crippen MR) is 33.6 cm³/mol. The van der Waals surface area contributed by atoms with Crippen molar-refractivity contribution < 1.29 is 44.6 Å². The van der Waals surface area contributed by atoms with E-state index in [2.05, 4.69) is 10.2 Å². The van der Waals surface area contributed by atoms with Crippen LogP contribution in [0.5, 0.6) is 0 Å². The number of H-pyrrole nitrogens is 1. The third-order valence-corrected chi connectivity index (χ3v) is 1.26. The van der Waals surface area contributed by atoms with E-state index < -0.39 is 12.1 Å². The molecule has 0 bridgehead atoms. The zero-order chi connectivity index (χ0) is 8.43. The number of aromatic amines is 1. The van der Waals surface area contributed by atoms with E-state index in [1.807, 2.05) is 0 Å². The standard InChI is InChI=1S/C6H8N2O3.Na/c1-3(9)4-2-5(6(10)11)8-7-4;/h2-3,9H,1H3,(H,7,8)(H,10,11);/q;+1/p-1. The first-order valence-electron chi connectivity index (χ1n) is 3.06. The molecule has 1 unspecified atom stereocenters. The summed E-state index contributed by atoms with van der Waals surface area (Å²) in [6.45, 7) is 1.51. The van der Waals surface area contributed by atoms with Gasteiger partial charge in [-0.2, -0.15) is 5.10 Å². The molecule has 0 fully saturated rings. The van der Waals surface area contributed by atoms with Crippen molar-refractivity contribution in [2.24, 2.45) is 0 Å². The first kappa shape index (κ1) is 11.6. The number of nitrogens with zero attached hydrogens (tertiary/aromatic N) is 1. The van der Waals surface area contributed by atoms with Crippen LogP contribution in [0, 0.1) is 0 Å². The molecule has 0 spiro atoms. The molecule has 0 saturated heterocycles. The monoisotopic (exact) mass is 178 g/mol. The van der Waals surface area contributed by atoms with Gasteiger partial charge >= 0.3 is 29.6 Å². The van der Waals surface area contributed by atoms with Crippen LogP contribution in [0.2, 0.25) is 0 Å². The molecule has 0 saturated carbocycles. The zero-order valence-corrected chi connectivity index (χ0v) is 8.87. The number of nitrogens with one attached hydrogen (secondary N) is 1. The predicted octanol–water partition coefficient (Wildman–Crippen LogP) is -4.17. The third kappa shape index (κ3) is 2.60. The quantitative estimate of drug-likeness (QED) is 0.450. The van der Waals surface area contributed by atoms with Gasteiger partial charge in [0.25, 0.3) is 0 Å². The number of aliphatic hydroxyl groups is 1. The van der Waals surface area contributed by atoms with E-state index in [1.165, 1.54) is 13.0 Å². The molecular formula is C6H7N2NaO3. The van der Waals surface area contributed by atoms with Gasteiger partial charge in [-0.15, -0.1) is 0 Å². The number of aromatic nitrogens is 2. The Balaban J connectivity index is 0.00000121. The van der Waals surface area contributed by atoms with Gasteiger partial charge in [0.1, 0.15) is 5.69 Å². The van der Waals surface area contributed by atoms with Gasteiger partial charge in [-0.05, 0) is 13.0 Å². The number of carbonyl (C=O) groups excluding carboxylic acids is 1. The number of hydrogen-bond acceptors (Lipinski definition) is 4. The molecule has 12 heavy (non-hydrogen) atoms. The Hall–Kier alpha value is -0.360. The molecule has 0 aliphatic carbocycles. The summed E-state index contributed by atoms with van der Waals surface area (Å²) in [6, 6.07) is 1.24. The number of carboxylic acids is 1. The molecule has 60 valence electrons. The Labute approximate surface area is 91.1 Å². The van der Waals surface area contributed by atoms with Crippen molar-refractivity contribution in [1.82, 2.24) is 10.2 Å². The van der Waals surface area contributed by atoms with Gasteiger partial charge in [0.15, 0.2) is 0 Å². The number of hydrogen-bond donors (Lipinski definition) is 2. The van der Waals surface area contributed by atoms with E-state index >= 15 is 0 Å². The summed E-state index contributed by atoms with van der Waals surface area (Å²) < 4.78 is 0. The van der Waals surface area contributed by atoms with Gasteiger partial charge in [0.2, 0.25) is 0 Å². The van der Waals surface area contributed by atoms with Crippen LogP contribution in [-0.4, -0.2) is 21.3 Å². The minimum absolute atomic E-state index is 0. The Morgan fingerprint density at radius 2 is 2.42 bits per heavy atom. The van der Waals surface area contributed by atoms with Crippen LogP contribution >= 0.6 is 0 Å². The summed E-state index contributed by atoms with van der Waals surface area (Å²) in [7, 11) is 0. The van der Waals surface area contributed by atoms with Crippen molar-refractivity contribution in [2.75, 3.05) is 0 Å². The first-order chi connectivity index (χ1) is 5.11. The van der Waals surface area contributed by atoms with Crippen LogP contribution in [0.1, 0.15) is 29.2 Å². The molecule has 0 aromatic carbocycles. The van der Waals surface area contributed by atoms with Gasteiger partial charge in [-0.25, -0.2) is 0 Å². The minimum Gasteiger partial charge on any atom is -0.543 e. The minimum atomic E-state index is -1.35. The molecule has 0 amide bonds. The van der Waals surface area contributed by atoms with Crippen LogP contribution in [0.3, 0.4) is 0 Å². The van der Waals surface area contributed by atoms with E-state index in [4.69, 9.17) is 5.11 Å². The summed E-state index contributed by atoms with van der Waals surface area (Å²) in [6.07, 6.45) is -0.740. The molecular weight excluding hydrogens is 171 g/mol. The van der Waals surface area contributed by atoms with Crippen LogP contribution < -0.4 is 34.7 Å². The number of carboxylic acid groups (broad SMARTS) is 1. The fourth-order valence-electron chi connectivity index (χ4n) is 0.655. The largest absolute Gasteiger partial charge is 1.00 e. The van der Waals surface area contributed by atoms with E-state index in [0.717, 1.165) is 0 Å². The molecule has 1 aromatic rings. The number of aliphatic hydroxyl groups excluding tert-OH is 1. The van der Waals surface area contributed by atoms with Gasteiger partial charge < -0.3 is 15.0 Å². The van der Waals surface area contributed by atoms with E-state index in [1.54, 1.807) is 0 Å². The average Bonchev–Trinajstić information content (AvgIpc) is 2.33. The Bertz CT molecular complexity index is 272. The second kappa shape index (κ2) is 4.61. The summed E-state index contributed by atoms with van der Waals surface area (Å²) in [4.78, 5) is 10.2. The normalized spacial score (nSPS) is 11.8. The number of carbonyl (C=O) groups is 1. The summed E-state index contributed by atoms with van der Waals surface area (Å²) in [5.41, 5.74) is 0.171. The average molecular weight is 178 g/mol. The van der Waals surface area contributed by atoms with E-state index in [-0.39, 0.29) is 35.3 Å². The molecule has 1 aromatic heterocycles. The van der Waals surface area contributed by atoms with Crippen molar-refractivity contribution in [2.45, 2.75) is 13.0 Å². The first-order valence-corrected chi connectivity index (χ1v) is 3.06.